The summed E-state index contributed by atoms with van der Waals surface area (Å²) in [5.74, 6) is 0. The number of halogens is 1. The fourth-order valence-corrected chi connectivity index (χ4v) is 2.49. The summed E-state index contributed by atoms with van der Waals surface area (Å²) >= 11 is 11.4. The first-order valence-corrected chi connectivity index (χ1v) is 8.07. The highest BCUT2D eigenvalue weighted by Gasteiger charge is 2.08. The maximum atomic E-state index is 6.13. The van der Waals surface area contributed by atoms with E-state index in [-0.39, 0.29) is 0 Å². The van der Waals surface area contributed by atoms with E-state index in [9.17, 15) is 0 Å². The van der Waals surface area contributed by atoms with Crippen molar-refractivity contribution in [2.45, 2.75) is 33.7 Å². The monoisotopic (exact) mass is 336 g/mol. The average Bonchev–Trinajstić information content (AvgIpc) is 2.73. The van der Waals surface area contributed by atoms with E-state index in [1.165, 1.54) is 5.56 Å². The minimum atomic E-state index is 0.634. The first-order chi connectivity index (χ1) is 10.5. The molecule has 1 aromatic heterocycles. The minimum absolute atomic E-state index is 0.634. The maximum Gasteiger partial charge on any atom is 0.170 e. The van der Waals surface area contributed by atoms with Gasteiger partial charge in [0.2, 0.25) is 0 Å². The SMILES string of the molecule is Cc1ccc(NC(=S)NCCCn2nc(C)c(Cl)c2C)cc1. The van der Waals surface area contributed by atoms with Crippen LogP contribution in [0.1, 0.15) is 23.4 Å². The summed E-state index contributed by atoms with van der Waals surface area (Å²) in [5, 5.41) is 12.2. The van der Waals surface area contributed by atoms with Crippen LogP contribution < -0.4 is 10.6 Å². The molecule has 2 rings (SSSR count). The van der Waals surface area contributed by atoms with Gasteiger partial charge in [-0.3, -0.25) is 4.68 Å². The third-order valence-corrected chi connectivity index (χ3v) is 4.23. The van der Waals surface area contributed by atoms with E-state index in [1.807, 2.05) is 30.7 Å². The normalized spacial score (nSPS) is 10.5. The van der Waals surface area contributed by atoms with Gasteiger partial charge in [0.25, 0.3) is 0 Å². The van der Waals surface area contributed by atoms with Crippen LogP contribution in [0.4, 0.5) is 5.69 Å². The van der Waals surface area contributed by atoms with Gasteiger partial charge in [-0.25, -0.2) is 0 Å². The number of nitrogens with zero attached hydrogens (tertiary/aromatic N) is 2. The van der Waals surface area contributed by atoms with Crippen LogP contribution in [-0.2, 0) is 6.54 Å². The van der Waals surface area contributed by atoms with Crippen molar-refractivity contribution in [3.8, 4) is 0 Å². The Morgan fingerprint density at radius 2 is 1.91 bits per heavy atom. The summed E-state index contributed by atoms with van der Waals surface area (Å²) in [6.45, 7) is 7.57. The van der Waals surface area contributed by atoms with Crippen LogP contribution in [0.2, 0.25) is 5.02 Å². The molecule has 2 aromatic rings. The summed E-state index contributed by atoms with van der Waals surface area (Å²) in [7, 11) is 0. The van der Waals surface area contributed by atoms with Crippen LogP contribution in [-0.4, -0.2) is 21.4 Å². The number of rotatable bonds is 5. The van der Waals surface area contributed by atoms with Crippen LogP contribution in [0.5, 0.6) is 0 Å². The van der Waals surface area contributed by atoms with Crippen molar-refractivity contribution in [1.82, 2.24) is 15.1 Å². The zero-order valence-corrected chi connectivity index (χ0v) is 14.7. The van der Waals surface area contributed by atoms with Gasteiger partial charge in [-0.2, -0.15) is 5.10 Å². The third-order valence-electron chi connectivity index (χ3n) is 3.43. The highest BCUT2D eigenvalue weighted by Crippen LogP contribution is 2.18. The Bertz CT molecular complexity index is 649. The third kappa shape index (κ3) is 4.45. The summed E-state index contributed by atoms with van der Waals surface area (Å²) in [6.07, 6.45) is 0.925. The largest absolute Gasteiger partial charge is 0.362 e. The van der Waals surface area contributed by atoms with E-state index >= 15 is 0 Å². The first-order valence-electron chi connectivity index (χ1n) is 7.28. The number of aryl methyl sites for hydroxylation is 3. The van der Waals surface area contributed by atoms with Crippen LogP contribution in [0.15, 0.2) is 24.3 Å². The predicted molar refractivity (Wildman–Crippen MR) is 96.7 cm³/mol. The molecule has 6 heteroatoms. The Labute approximate surface area is 141 Å². The molecule has 4 nitrogen and oxygen atoms in total. The zero-order chi connectivity index (χ0) is 16.1. The lowest BCUT2D eigenvalue weighted by Crippen LogP contribution is -2.29. The van der Waals surface area contributed by atoms with Crippen LogP contribution in [0.3, 0.4) is 0 Å². The van der Waals surface area contributed by atoms with E-state index in [4.69, 9.17) is 23.8 Å². The van der Waals surface area contributed by atoms with Gasteiger partial charge in [-0.15, -0.1) is 0 Å². The number of hydrogen-bond donors (Lipinski definition) is 2. The molecule has 118 valence electrons. The highest BCUT2D eigenvalue weighted by atomic mass is 35.5. The zero-order valence-electron chi connectivity index (χ0n) is 13.1. The first kappa shape index (κ1) is 16.8. The second-order valence-corrected chi connectivity index (χ2v) is 6.09. The number of anilines is 1. The molecular formula is C16H21ClN4S. The lowest BCUT2D eigenvalue weighted by Gasteiger charge is -2.11. The molecule has 0 unspecified atom stereocenters. The van der Waals surface area contributed by atoms with Crippen molar-refractivity contribution in [3.05, 3.63) is 46.2 Å². The second-order valence-electron chi connectivity index (χ2n) is 5.31. The van der Waals surface area contributed by atoms with Gasteiger partial charge in [0.15, 0.2) is 5.11 Å². The molecule has 0 fully saturated rings. The van der Waals surface area contributed by atoms with Crippen molar-refractivity contribution >= 4 is 34.6 Å². The average molecular weight is 337 g/mol. The van der Waals surface area contributed by atoms with Crippen molar-refractivity contribution in [2.75, 3.05) is 11.9 Å². The van der Waals surface area contributed by atoms with Crippen molar-refractivity contribution in [2.24, 2.45) is 0 Å². The Kier molecular flexibility index (Phi) is 5.80. The number of benzene rings is 1. The van der Waals surface area contributed by atoms with Crippen molar-refractivity contribution in [1.29, 1.82) is 0 Å². The van der Waals surface area contributed by atoms with Crippen molar-refractivity contribution < 1.29 is 0 Å². The van der Waals surface area contributed by atoms with E-state index in [1.54, 1.807) is 0 Å². The Balaban J connectivity index is 1.73. The molecule has 1 aromatic carbocycles. The highest BCUT2D eigenvalue weighted by molar-refractivity contribution is 7.80. The molecular weight excluding hydrogens is 316 g/mol. The number of hydrogen-bond acceptors (Lipinski definition) is 2. The Hall–Kier alpha value is -1.59. The number of thiocarbonyl (C=S) groups is 1. The molecule has 0 aliphatic rings. The molecule has 0 radical (unpaired) electrons. The molecule has 0 spiro atoms. The fourth-order valence-electron chi connectivity index (χ4n) is 2.14. The summed E-state index contributed by atoms with van der Waals surface area (Å²) < 4.78 is 1.94. The summed E-state index contributed by atoms with van der Waals surface area (Å²) in [5.41, 5.74) is 4.12. The van der Waals surface area contributed by atoms with Gasteiger partial charge < -0.3 is 10.6 Å². The van der Waals surface area contributed by atoms with E-state index in [0.29, 0.717) is 5.11 Å². The van der Waals surface area contributed by atoms with Crippen LogP contribution in [0, 0.1) is 20.8 Å². The maximum absolute atomic E-state index is 6.13. The molecule has 0 amide bonds. The summed E-state index contributed by atoms with van der Waals surface area (Å²) in [4.78, 5) is 0. The quantitative estimate of drug-likeness (QED) is 0.643. The number of aromatic nitrogens is 2. The number of nitrogens with one attached hydrogen (secondary N) is 2. The van der Waals surface area contributed by atoms with Gasteiger partial charge in [0, 0.05) is 18.8 Å². The van der Waals surface area contributed by atoms with Crippen LogP contribution >= 0.6 is 23.8 Å². The second kappa shape index (κ2) is 7.61. The Morgan fingerprint density at radius 3 is 2.50 bits per heavy atom. The molecule has 1 heterocycles. The van der Waals surface area contributed by atoms with Gasteiger partial charge in [0.05, 0.1) is 16.4 Å². The molecule has 2 N–H and O–H groups in total. The molecule has 0 aliphatic carbocycles. The fraction of sp³-hybridized carbons (Fsp3) is 0.375. The molecule has 0 bridgehead atoms. The standard InChI is InChI=1S/C16H21ClN4S/c1-11-5-7-14(8-6-11)19-16(22)18-9-4-10-21-13(3)15(17)12(2)20-21/h5-8H,4,9-10H2,1-3H3,(H2,18,19,22). The van der Waals surface area contributed by atoms with Gasteiger partial charge >= 0.3 is 0 Å². The van der Waals surface area contributed by atoms with E-state index in [0.717, 1.165) is 41.6 Å². The van der Waals surface area contributed by atoms with E-state index < -0.39 is 0 Å². The topological polar surface area (TPSA) is 41.9 Å². The molecule has 0 aliphatic heterocycles. The predicted octanol–water partition coefficient (Wildman–Crippen LogP) is 3.84. The molecule has 0 atom stereocenters. The molecule has 22 heavy (non-hydrogen) atoms. The summed E-state index contributed by atoms with van der Waals surface area (Å²) in [6, 6.07) is 8.14. The lowest BCUT2D eigenvalue weighted by molar-refractivity contribution is 0.558. The van der Waals surface area contributed by atoms with Gasteiger partial charge in [-0.1, -0.05) is 29.3 Å². The van der Waals surface area contributed by atoms with Gasteiger partial charge in [0.1, 0.15) is 0 Å². The molecule has 0 saturated heterocycles. The van der Waals surface area contributed by atoms with Crippen molar-refractivity contribution in [3.63, 3.8) is 0 Å². The van der Waals surface area contributed by atoms with Crippen LogP contribution in [0.25, 0.3) is 0 Å². The minimum Gasteiger partial charge on any atom is -0.362 e. The van der Waals surface area contributed by atoms with Gasteiger partial charge in [-0.05, 0) is 51.5 Å². The Morgan fingerprint density at radius 1 is 1.23 bits per heavy atom. The lowest BCUT2D eigenvalue weighted by atomic mass is 10.2. The van der Waals surface area contributed by atoms with E-state index in [2.05, 4.69) is 34.8 Å². The molecule has 0 saturated carbocycles. The smallest absolute Gasteiger partial charge is 0.170 e.